The van der Waals surface area contributed by atoms with Gasteiger partial charge in [-0.15, -0.1) is 0 Å². The van der Waals surface area contributed by atoms with Crippen molar-refractivity contribution in [1.29, 1.82) is 0 Å². The lowest BCUT2D eigenvalue weighted by molar-refractivity contribution is -0.141. The van der Waals surface area contributed by atoms with E-state index in [4.69, 9.17) is 5.11 Å². The summed E-state index contributed by atoms with van der Waals surface area (Å²) in [6.07, 6.45) is 2.76. The van der Waals surface area contributed by atoms with Crippen LogP contribution in [-0.4, -0.2) is 28.4 Å². The maximum Gasteiger partial charge on any atom is 0.306 e. The van der Waals surface area contributed by atoms with Gasteiger partial charge in [0.05, 0.1) is 5.92 Å². The van der Waals surface area contributed by atoms with Gasteiger partial charge in [0, 0.05) is 19.0 Å². The molecule has 2 atom stereocenters. The predicted octanol–water partition coefficient (Wildman–Crippen LogP) is 3.20. The molecule has 1 amide bonds. The maximum absolute atomic E-state index is 12.7. The Labute approximate surface area is 137 Å². The molecule has 1 aromatic rings. The molecule has 2 aliphatic rings. The van der Waals surface area contributed by atoms with Gasteiger partial charge in [-0.05, 0) is 48.3 Å². The van der Waals surface area contributed by atoms with Gasteiger partial charge in [0.25, 0.3) is 0 Å². The van der Waals surface area contributed by atoms with Crippen molar-refractivity contribution in [2.75, 3.05) is 6.54 Å². The van der Waals surface area contributed by atoms with Crippen LogP contribution in [-0.2, 0) is 22.6 Å². The second kappa shape index (κ2) is 6.34. The summed E-state index contributed by atoms with van der Waals surface area (Å²) in [7, 11) is 0. The molecule has 0 aromatic heterocycles. The number of aliphatic carboxylic acids is 1. The summed E-state index contributed by atoms with van der Waals surface area (Å²) in [4.78, 5) is 25.7. The van der Waals surface area contributed by atoms with E-state index in [1.165, 1.54) is 16.7 Å². The number of rotatable bonds is 3. The Morgan fingerprint density at radius 1 is 1.22 bits per heavy atom. The second-order valence-corrected chi connectivity index (χ2v) is 7.19. The van der Waals surface area contributed by atoms with Crippen molar-refractivity contribution in [2.24, 2.45) is 11.8 Å². The van der Waals surface area contributed by atoms with Crippen LogP contribution in [0.25, 0.3) is 0 Å². The van der Waals surface area contributed by atoms with E-state index in [0.717, 1.165) is 13.0 Å². The smallest absolute Gasteiger partial charge is 0.306 e. The molecule has 0 bridgehead atoms. The molecule has 124 valence electrons. The molecule has 1 aromatic carbocycles. The first kappa shape index (κ1) is 16.0. The standard InChI is InChI=1S/C19H25NO3/c1-12(2)16-5-3-4-15-11-20(9-8-17(15)16)18(21)13-6-7-14(10-13)19(22)23/h3-5,12-14H,6-11H2,1-2H3,(H,22,23)/t13-,14+/m1/s1. The van der Waals surface area contributed by atoms with Crippen molar-refractivity contribution in [3.8, 4) is 0 Å². The van der Waals surface area contributed by atoms with Gasteiger partial charge in [-0.1, -0.05) is 32.0 Å². The molecule has 0 radical (unpaired) electrons. The third-order valence-corrected chi connectivity index (χ3v) is 5.37. The first-order valence-electron chi connectivity index (χ1n) is 8.59. The number of amides is 1. The SMILES string of the molecule is CC(C)c1cccc2c1CCN(C(=O)[C@@H]1CC[C@H](C(=O)O)C1)C2. The van der Waals surface area contributed by atoms with Gasteiger partial charge in [-0.25, -0.2) is 0 Å². The largest absolute Gasteiger partial charge is 0.481 e. The summed E-state index contributed by atoms with van der Waals surface area (Å²) in [5, 5.41) is 9.11. The van der Waals surface area contributed by atoms with Gasteiger partial charge < -0.3 is 10.0 Å². The fraction of sp³-hybridized carbons (Fsp3) is 0.579. The molecular weight excluding hydrogens is 290 g/mol. The van der Waals surface area contributed by atoms with Crippen LogP contribution in [0, 0.1) is 11.8 Å². The fourth-order valence-electron chi connectivity index (χ4n) is 4.06. The van der Waals surface area contributed by atoms with Crippen LogP contribution < -0.4 is 0 Å². The summed E-state index contributed by atoms with van der Waals surface area (Å²) in [5.41, 5.74) is 4.05. The Kier molecular flexibility index (Phi) is 4.42. The second-order valence-electron chi connectivity index (χ2n) is 7.19. The Morgan fingerprint density at radius 3 is 2.61 bits per heavy atom. The number of hydrogen-bond donors (Lipinski definition) is 1. The van der Waals surface area contributed by atoms with Crippen molar-refractivity contribution in [3.05, 3.63) is 34.9 Å². The van der Waals surface area contributed by atoms with Crippen molar-refractivity contribution in [1.82, 2.24) is 4.90 Å². The number of hydrogen-bond acceptors (Lipinski definition) is 2. The molecule has 1 fully saturated rings. The highest BCUT2D eigenvalue weighted by atomic mass is 16.4. The van der Waals surface area contributed by atoms with Crippen LogP contribution in [0.2, 0.25) is 0 Å². The zero-order chi connectivity index (χ0) is 16.6. The molecule has 0 saturated heterocycles. The topological polar surface area (TPSA) is 57.6 Å². The minimum absolute atomic E-state index is 0.106. The highest BCUT2D eigenvalue weighted by Gasteiger charge is 2.36. The molecule has 1 N–H and O–H groups in total. The summed E-state index contributed by atoms with van der Waals surface area (Å²) in [6, 6.07) is 6.39. The lowest BCUT2D eigenvalue weighted by Crippen LogP contribution is -2.39. The van der Waals surface area contributed by atoms with Crippen molar-refractivity contribution < 1.29 is 14.7 Å². The van der Waals surface area contributed by atoms with E-state index in [1.54, 1.807) is 0 Å². The third kappa shape index (κ3) is 3.12. The van der Waals surface area contributed by atoms with E-state index in [-0.39, 0.29) is 17.7 Å². The summed E-state index contributed by atoms with van der Waals surface area (Å²) < 4.78 is 0. The number of fused-ring (bicyclic) bond motifs is 1. The summed E-state index contributed by atoms with van der Waals surface area (Å²) in [6.45, 7) is 5.84. The highest BCUT2D eigenvalue weighted by molar-refractivity contribution is 5.81. The minimum Gasteiger partial charge on any atom is -0.481 e. The molecule has 4 nitrogen and oxygen atoms in total. The Balaban J connectivity index is 1.71. The summed E-state index contributed by atoms with van der Waals surface area (Å²) in [5.74, 6) is -0.557. The first-order chi connectivity index (χ1) is 11.0. The average Bonchev–Trinajstić information content (AvgIpc) is 3.03. The minimum atomic E-state index is -0.758. The summed E-state index contributed by atoms with van der Waals surface area (Å²) >= 11 is 0. The predicted molar refractivity (Wildman–Crippen MR) is 88.1 cm³/mol. The van der Waals surface area contributed by atoms with E-state index in [2.05, 4.69) is 32.0 Å². The van der Waals surface area contributed by atoms with Crippen LogP contribution in [0.15, 0.2) is 18.2 Å². The third-order valence-electron chi connectivity index (χ3n) is 5.37. The first-order valence-corrected chi connectivity index (χ1v) is 8.59. The molecule has 3 rings (SSSR count). The van der Waals surface area contributed by atoms with Crippen molar-refractivity contribution in [3.63, 3.8) is 0 Å². The van der Waals surface area contributed by atoms with Crippen molar-refractivity contribution >= 4 is 11.9 Å². The number of benzene rings is 1. The van der Waals surface area contributed by atoms with Crippen molar-refractivity contribution in [2.45, 2.75) is 52.0 Å². The molecule has 23 heavy (non-hydrogen) atoms. The monoisotopic (exact) mass is 315 g/mol. The van der Waals surface area contributed by atoms with Gasteiger partial charge >= 0.3 is 5.97 Å². The molecule has 1 heterocycles. The lowest BCUT2D eigenvalue weighted by atomic mass is 9.88. The molecule has 4 heteroatoms. The van der Waals surface area contributed by atoms with Crippen LogP contribution >= 0.6 is 0 Å². The molecule has 1 aliphatic carbocycles. The van der Waals surface area contributed by atoms with Gasteiger partial charge in [-0.2, -0.15) is 0 Å². The molecular formula is C19H25NO3. The molecule has 0 unspecified atom stereocenters. The normalized spacial score (nSPS) is 23.9. The number of carboxylic acids is 1. The average molecular weight is 315 g/mol. The van der Waals surface area contributed by atoms with Gasteiger partial charge in [0.2, 0.25) is 5.91 Å². The van der Waals surface area contributed by atoms with E-state index in [9.17, 15) is 9.59 Å². The quantitative estimate of drug-likeness (QED) is 0.932. The highest BCUT2D eigenvalue weighted by Crippen LogP contribution is 2.34. The zero-order valence-electron chi connectivity index (χ0n) is 13.9. The van der Waals surface area contributed by atoms with E-state index >= 15 is 0 Å². The van der Waals surface area contributed by atoms with E-state index in [1.807, 2.05) is 4.90 Å². The number of carbonyl (C=O) groups is 2. The fourth-order valence-corrected chi connectivity index (χ4v) is 4.06. The van der Waals surface area contributed by atoms with Crippen LogP contribution in [0.5, 0.6) is 0 Å². The maximum atomic E-state index is 12.7. The Hall–Kier alpha value is -1.84. The van der Waals surface area contributed by atoms with Gasteiger partial charge in [0.15, 0.2) is 0 Å². The Morgan fingerprint density at radius 2 is 1.96 bits per heavy atom. The van der Waals surface area contributed by atoms with Gasteiger partial charge in [-0.3, -0.25) is 9.59 Å². The van der Waals surface area contributed by atoms with Crippen LogP contribution in [0.4, 0.5) is 0 Å². The van der Waals surface area contributed by atoms with Crippen LogP contribution in [0.1, 0.15) is 55.7 Å². The van der Waals surface area contributed by atoms with E-state index < -0.39 is 5.97 Å². The number of carboxylic acid groups (broad SMARTS) is 1. The lowest BCUT2D eigenvalue weighted by Gasteiger charge is -2.32. The molecule has 0 spiro atoms. The number of nitrogens with zero attached hydrogens (tertiary/aromatic N) is 1. The van der Waals surface area contributed by atoms with Crippen LogP contribution in [0.3, 0.4) is 0 Å². The van der Waals surface area contributed by atoms with Gasteiger partial charge in [0.1, 0.15) is 0 Å². The zero-order valence-corrected chi connectivity index (χ0v) is 13.9. The molecule has 1 saturated carbocycles. The number of carbonyl (C=O) groups excluding carboxylic acids is 1. The van der Waals surface area contributed by atoms with E-state index in [0.29, 0.717) is 31.7 Å². The Bertz CT molecular complexity index is 623. The molecule has 1 aliphatic heterocycles.